The van der Waals surface area contributed by atoms with Gasteiger partial charge in [-0.3, -0.25) is 14.4 Å². The molecule has 1 saturated heterocycles. The first-order valence-electron chi connectivity index (χ1n) is 8.95. The lowest BCUT2D eigenvalue weighted by Crippen LogP contribution is -2.51. The fourth-order valence-electron chi connectivity index (χ4n) is 3.57. The van der Waals surface area contributed by atoms with Gasteiger partial charge in [0.15, 0.2) is 5.78 Å². The molecule has 0 bridgehead atoms. The van der Waals surface area contributed by atoms with Crippen LogP contribution in [0.15, 0.2) is 30.3 Å². The van der Waals surface area contributed by atoms with Crippen molar-refractivity contribution in [1.29, 1.82) is 0 Å². The molecule has 0 saturated carbocycles. The molecule has 1 N–H and O–H groups in total. The van der Waals surface area contributed by atoms with Gasteiger partial charge in [0.05, 0.1) is 12.6 Å². The van der Waals surface area contributed by atoms with E-state index < -0.39 is 29.5 Å². The molecule has 0 aromatic heterocycles. The van der Waals surface area contributed by atoms with Gasteiger partial charge in [0.1, 0.15) is 12.0 Å². The maximum Gasteiger partial charge on any atom is 0.312 e. The number of hydrogen-bond donors (Lipinski definition) is 1. The van der Waals surface area contributed by atoms with E-state index in [1.54, 1.807) is 6.92 Å². The molecule has 6 nitrogen and oxygen atoms in total. The normalized spacial score (nSPS) is 21.7. The fraction of sp³-hybridized carbons (Fsp3) is 0.550. The van der Waals surface area contributed by atoms with Crippen molar-refractivity contribution in [3.63, 3.8) is 0 Å². The van der Waals surface area contributed by atoms with E-state index >= 15 is 0 Å². The number of ketones is 1. The molecule has 1 aromatic carbocycles. The lowest BCUT2D eigenvalue weighted by molar-refractivity contribution is -0.160. The van der Waals surface area contributed by atoms with E-state index in [0.29, 0.717) is 6.42 Å². The summed E-state index contributed by atoms with van der Waals surface area (Å²) in [6.45, 7) is 3.66. The van der Waals surface area contributed by atoms with E-state index in [1.807, 2.05) is 30.3 Å². The maximum atomic E-state index is 13.2. The molecule has 0 aliphatic carbocycles. The maximum absolute atomic E-state index is 13.2. The number of hydrogen-bond acceptors (Lipinski definition) is 6. The summed E-state index contributed by atoms with van der Waals surface area (Å²) in [6, 6.07) is 9.82. The molecule has 0 radical (unpaired) electrons. The van der Waals surface area contributed by atoms with Crippen LogP contribution < -0.4 is 5.32 Å². The Hall–Kier alpha value is -2.21. The zero-order valence-electron chi connectivity index (χ0n) is 15.6. The highest BCUT2D eigenvalue weighted by Gasteiger charge is 2.43. The second-order valence-corrected chi connectivity index (χ2v) is 6.85. The van der Waals surface area contributed by atoms with Crippen LogP contribution in [0.1, 0.15) is 38.7 Å². The number of rotatable bonds is 8. The topological polar surface area (TPSA) is 81.7 Å². The first kappa shape index (κ1) is 20.1. The molecule has 1 aliphatic heterocycles. The summed E-state index contributed by atoms with van der Waals surface area (Å²) in [6.07, 6.45) is 1.44. The summed E-state index contributed by atoms with van der Waals surface area (Å²) >= 11 is 0. The number of ether oxygens (including phenoxy) is 2. The van der Waals surface area contributed by atoms with Crippen molar-refractivity contribution in [2.45, 2.75) is 51.2 Å². The van der Waals surface area contributed by atoms with Crippen LogP contribution in [0, 0.1) is 5.92 Å². The molecule has 2 rings (SSSR count). The predicted octanol–water partition coefficient (Wildman–Crippen LogP) is 2.05. The molecular weight excluding hydrogens is 334 g/mol. The van der Waals surface area contributed by atoms with Crippen molar-refractivity contribution in [3.8, 4) is 0 Å². The van der Waals surface area contributed by atoms with E-state index in [2.05, 4.69) is 5.32 Å². The minimum absolute atomic E-state index is 0.0268. The van der Waals surface area contributed by atoms with Gasteiger partial charge in [0.2, 0.25) is 0 Å². The van der Waals surface area contributed by atoms with E-state index in [1.165, 1.54) is 14.0 Å². The van der Waals surface area contributed by atoms with Gasteiger partial charge in [0.25, 0.3) is 0 Å². The van der Waals surface area contributed by atoms with E-state index in [-0.39, 0.29) is 12.2 Å². The SMILES string of the molecule is COC(=O)[C@@H](CC(=O)C1(Cc2ccccc2)CCCN1)[C@@H](C)OC(C)=O. The number of benzene rings is 1. The Labute approximate surface area is 154 Å². The lowest BCUT2D eigenvalue weighted by atomic mass is 9.80. The van der Waals surface area contributed by atoms with Gasteiger partial charge in [-0.2, -0.15) is 0 Å². The van der Waals surface area contributed by atoms with Gasteiger partial charge < -0.3 is 14.8 Å². The molecule has 0 amide bonds. The van der Waals surface area contributed by atoms with Gasteiger partial charge in [-0.15, -0.1) is 0 Å². The average molecular weight is 361 g/mol. The van der Waals surface area contributed by atoms with E-state index in [0.717, 1.165) is 24.9 Å². The number of Topliss-reactive ketones (excluding diaryl/α,β-unsaturated/α-hetero) is 1. The summed E-state index contributed by atoms with van der Waals surface area (Å²) in [4.78, 5) is 36.6. The first-order valence-corrected chi connectivity index (χ1v) is 8.95. The number of carbonyl (C=O) groups excluding carboxylic acids is 3. The van der Waals surface area contributed by atoms with Crippen molar-refractivity contribution >= 4 is 17.7 Å². The number of nitrogens with one attached hydrogen (secondary N) is 1. The Balaban J connectivity index is 2.18. The summed E-state index contributed by atoms with van der Waals surface area (Å²) < 4.78 is 9.96. The Morgan fingerprint density at radius 3 is 2.46 bits per heavy atom. The highest BCUT2D eigenvalue weighted by atomic mass is 16.6. The number of esters is 2. The zero-order chi connectivity index (χ0) is 19.2. The Bertz CT molecular complexity index is 637. The summed E-state index contributed by atoms with van der Waals surface area (Å²) in [5, 5.41) is 3.35. The van der Waals surface area contributed by atoms with Crippen molar-refractivity contribution in [2.24, 2.45) is 5.92 Å². The van der Waals surface area contributed by atoms with Gasteiger partial charge >= 0.3 is 11.9 Å². The molecular formula is C20H27NO5. The number of methoxy groups -OCH3 is 1. The molecule has 3 atom stereocenters. The molecule has 1 heterocycles. The van der Waals surface area contributed by atoms with Crippen LogP contribution in [0.3, 0.4) is 0 Å². The third kappa shape index (κ3) is 4.91. The van der Waals surface area contributed by atoms with Crippen molar-refractivity contribution in [2.75, 3.05) is 13.7 Å². The molecule has 1 aromatic rings. The third-order valence-electron chi connectivity index (χ3n) is 4.95. The Kier molecular flexibility index (Phi) is 6.91. The largest absolute Gasteiger partial charge is 0.469 e. The highest BCUT2D eigenvalue weighted by molar-refractivity contribution is 5.92. The fourth-order valence-corrected chi connectivity index (χ4v) is 3.57. The molecule has 1 unspecified atom stereocenters. The average Bonchev–Trinajstić information content (AvgIpc) is 3.08. The monoisotopic (exact) mass is 361 g/mol. The number of carbonyl (C=O) groups is 3. The molecule has 26 heavy (non-hydrogen) atoms. The Morgan fingerprint density at radius 2 is 1.92 bits per heavy atom. The minimum atomic E-state index is -0.813. The lowest BCUT2D eigenvalue weighted by Gasteiger charge is -2.31. The molecule has 142 valence electrons. The van der Waals surface area contributed by atoms with Crippen LogP contribution in [0.2, 0.25) is 0 Å². The van der Waals surface area contributed by atoms with Crippen LogP contribution in [0.4, 0.5) is 0 Å². The van der Waals surface area contributed by atoms with E-state index in [4.69, 9.17) is 9.47 Å². The van der Waals surface area contributed by atoms with E-state index in [9.17, 15) is 14.4 Å². The van der Waals surface area contributed by atoms with Crippen LogP contribution in [-0.4, -0.2) is 43.0 Å². The van der Waals surface area contributed by atoms with Crippen molar-refractivity contribution in [1.82, 2.24) is 5.32 Å². The van der Waals surface area contributed by atoms with Gasteiger partial charge in [0, 0.05) is 13.3 Å². The molecule has 6 heteroatoms. The predicted molar refractivity (Wildman–Crippen MR) is 96.5 cm³/mol. The molecule has 1 aliphatic rings. The standard InChI is InChI=1S/C20H27NO5/c1-14(26-15(2)22)17(19(24)25-3)12-18(23)20(10-7-11-21-20)13-16-8-5-4-6-9-16/h4-6,8-9,14,17,21H,7,10-13H2,1-3H3/t14-,17+,20?/m1/s1. The van der Waals surface area contributed by atoms with Crippen molar-refractivity contribution < 1.29 is 23.9 Å². The van der Waals surface area contributed by atoms with Gasteiger partial charge in [-0.25, -0.2) is 0 Å². The second kappa shape index (κ2) is 8.94. The molecule has 1 fully saturated rings. The van der Waals surface area contributed by atoms with Crippen LogP contribution in [0.5, 0.6) is 0 Å². The summed E-state index contributed by atoms with van der Waals surface area (Å²) in [5.41, 5.74) is 0.377. The van der Waals surface area contributed by atoms with Crippen LogP contribution in [-0.2, 0) is 30.3 Å². The third-order valence-corrected chi connectivity index (χ3v) is 4.95. The van der Waals surface area contributed by atoms with Crippen LogP contribution in [0.25, 0.3) is 0 Å². The summed E-state index contributed by atoms with van der Waals surface area (Å²) in [7, 11) is 1.27. The summed E-state index contributed by atoms with van der Waals surface area (Å²) in [5.74, 6) is -1.89. The minimum Gasteiger partial charge on any atom is -0.469 e. The Morgan fingerprint density at radius 1 is 1.23 bits per heavy atom. The van der Waals surface area contributed by atoms with Gasteiger partial charge in [-0.1, -0.05) is 30.3 Å². The smallest absolute Gasteiger partial charge is 0.312 e. The van der Waals surface area contributed by atoms with Crippen LogP contribution >= 0.6 is 0 Å². The first-order chi connectivity index (χ1) is 12.4. The van der Waals surface area contributed by atoms with Crippen molar-refractivity contribution in [3.05, 3.63) is 35.9 Å². The van der Waals surface area contributed by atoms with Gasteiger partial charge in [-0.05, 0) is 38.3 Å². The zero-order valence-corrected chi connectivity index (χ0v) is 15.6. The molecule has 0 spiro atoms. The highest BCUT2D eigenvalue weighted by Crippen LogP contribution is 2.29. The quantitative estimate of drug-likeness (QED) is 0.714. The second-order valence-electron chi connectivity index (χ2n) is 6.85.